The van der Waals surface area contributed by atoms with E-state index in [0.29, 0.717) is 12.5 Å². The average Bonchev–Trinajstić information content (AvgIpc) is 2.19. The van der Waals surface area contributed by atoms with E-state index in [2.05, 4.69) is 24.6 Å². The van der Waals surface area contributed by atoms with Gasteiger partial charge in [0.1, 0.15) is 12.5 Å². The van der Waals surface area contributed by atoms with Gasteiger partial charge in [-0.1, -0.05) is 13.2 Å². The zero-order chi connectivity index (χ0) is 12.0. The molecule has 0 radical (unpaired) electrons. The number of nitrogens with two attached hydrogens (primary N) is 2. The number of hydrogen-bond donors (Lipinski definition) is 4. The first-order valence-corrected chi connectivity index (χ1v) is 3.23. The molecule has 0 saturated heterocycles. The van der Waals surface area contributed by atoms with Crippen LogP contribution in [0.2, 0.25) is 0 Å². The Hall–Kier alpha value is -2.24. The fourth-order valence-corrected chi connectivity index (χ4v) is 0. The minimum absolute atomic E-state index is 0.481. The number of aliphatic hydroxyl groups excluding tert-OH is 2. The van der Waals surface area contributed by atoms with E-state index in [1.54, 1.807) is 0 Å². The predicted molar refractivity (Wildman–Crippen MR) is 53.2 cm³/mol. The highest BCUT2D eigenvalue weighted by atomic mass is 16.3. The molecule has 2 amide bonds. The highest BCUT2D eigenvalue weighted by molar-refractivity contribution is 5.85. The van der Waals surface area contributed by atoms with Crippen LogP contribution in [0.5, 0.6) is 0 Å². The molecule has 0 fully saturated rings. The number of carbonyl (C=O) groups is 2. The monoisotopic (exact) mass is 202 g/mol. The molecule has 6 N–H and O–H groups in total. The maximum atomic E-state index is 9.47. The molecule has 0 atom stereocenters. The van der Waals surface area contributed by atoms with Gasteiger partial charge in [0.15, 0.2) is 0 Å². The number of rotatable bonds is 2. The first kappa shape index (κ1) is 17.7. The maximum Gasteiger partial charge on any atom is 0.240 e. The first-order chi connectivity index (χ1) is 6.45. The number of hydrogen-bond acceptors (Lipinski definition) is 4. The van der Waals surface area contributed by atoms with Crippen LogP contribution in [0.3, 0.4) is 0 Å². The molecule has 0 saturated carbocycles. The van der Waals surface area contributed by atoms with Gasteiger partial charge in [-0.05, 0) is 12.2 Å². The highest BCUT2D eigenvalue weighted by Crippen LogP contribution is 1.49. The number of aliphatic hydroxyl groups is 2. The molecule has 0 aliphatic heterocycles. The Labute approximate surface area is 81.8 Å². The lowest BCUT2D eigenvalue weighted by atomic mass is 10.6. The summed E-state index contributed by atoms with van der Waals surface area (Å²) in [6.45, 7) is 6.17. The minimum Gasteiger partial charge on any atom is -0.512 e. The van der Waals surface area contributed by atoms with Crippen molar-refractivity contribution in [3.63, 3.8) is 0 Å². The van der Waals surface area contributed by atoms with Crippen molar-refractivity contribution in [3.8, 4) is 0 Å². The van der Waals surface area contributed by atoms with Gasteiger partial charge in [0.2, 0.25) is 11.8 Å². The fraction of sp³-hybridized carbons (Fsp3) is 0. The number of amides is 2. The van der Waals surface area contributed by atoms with Gasteiger partial charge < -0.3 is 21.7 Å². The molecular weight excluding hydrogens is 188 g/mol. The minimum atomic E-state index is -0.481. The summed E-state index contributed by atoms with van der Waals surface area (Å²) in [6, 6.07) is 0. The predicted octanol–water partition coefficient (Wildman–Crippen LogP) is -0.111. The molecule has 0 aliphatic rings. The summed E-state index contributed by atoms with van der Waals surface area (Å²) in [5.41, 5.74) is 9.07. The lowest BCUT2D eigenvalue weighted by Gasteiger charge is -1.65. The second-order valence-electron chi connectivity index (χ2n) is 1.51. The van der Waals surface area contributed by atoms with Gasteiger partial charge >= 0.3 is 0 Å². The summed E-state index contributed by atoms with van der Waals surface area (Å²) in [5, 5.41) is 14.9. The van der Waals surface area contributed by atoms with Crippen molar-refractivity contribution >= 4 is 11.8 Å². The van der Waals surface area contributed by atoms with Crippen LogP contribution in [-0.4, -0.2) is 22.0 Å². The van der Waals surface area contributed by atoms with E-state index in [1.807, 2.05) is 0 Å². The Bertz CT molecular complexity index is 189. The van der Waals surface area contributed by atoms with E-state index in [1.165, 1.54) is 0 Å². The van der Waals surface area contributed by atoms with E-state index in [4.69, 9.17) is 10.2 Å². The molecule has 80 valence electrons. The topological polar surface area (TPSA) is 127 Å². The lowest BCUT2D eigenvalue weighted by molar-refractivity contribution is -0.114. The third-order valence-corrected chi connectivity index (χ3v) is 0.469. The summed E-state index contributed by atoms with van der Waals surface area (Å²) in [5.74, 6) is -0.963. The molecular formula is C8H14N2O4. The van der Waals surface area contributed by atoms with Gasteiger partial charge in [0, 0.05) is 0 Å². The molecule has 0 bridgehead atoms. The van der Waals surface area contributed by atoms with Crippen LogP contribution in [0, 0.1) is 0 Å². The second-order valence-corrected chi connectivity index (χ2v) is 1.51. The van der Waals surface area contributed by atoms with Crippen LogP contribution >= 0.6 is 0 Å². The van der Waals surface area contributed by atoms with E-state index in [9.17, 15) is 9.59 Å². The molecule has 0 aromatic carbocycles. The Morgan fingerprint density at radius 3 is 1.07 bits per heavy atom. The van der Waals surface area contributed by atoms with Crippen molar-refractivity contribution in [2.75, 3.05) is 0 Å². The van der Waals surface area contributed by atoms with Crippen molar-refractivity contribution < 1.29 is 19.8 Å². The first-order valence-electron chi connectivity index (χ1n) is 3.23. The highest BCUT2D eigenvalue weighted by Gasteiger charge is 1.69. The maximum absolute atomic E-state index is 9.47. The van der Waals surface area contributed by atoms with Gasteiger partial charge in [-0.25, -0.2) is 0 Å². The van der Waals surface area contributed by atoms with E-state index in [0.717, 1.165) is 12.2 Å². The van der Waals surface area contributed by atoms with Gasteiger partial charge in [-0.2, -0.15) is 0 Å². The molecule has 14 heavy (non-hydrogen) atoms. The summed E-state index contributed by atoms with van der Waals surface area (Å²) in [7, 11) is 0. The van der Waals surface area contributed by atoms with Crippen LogP contribution in [0.4, 0.5) is 0 Å². The molecule has 0 spiro atoms. The quantitative estimate of drug-likeness (QED) is 0.368. The van der Waals surface area contributed by atoms with Crippen molar-refractivity contribution in [2.24, 2.45) is 11.5 Å². The van der Waals surface area contributed by atoms with Crippen molar-refractivity contribution in [2.45, 2.75) is 0 Å². The summed E-state index contributed by atoms with van der Waals surface area (Å²) in [4.78, 5) is 18.9. The largest absolute Gasteiger partial charge is 0.512 e. The van der Waals surface area contributed by atoms with Crippen LogP contribution < -0.4 is 11.5 Å². The van der Waals surface area contributed by atoms with Crippen LogP contribution in [0.25, 0.3) is 0 Å². The molecule has 0 unspecified atom stereocenters. The third-order valence-electron chi connectivity index (χ3n) is 0.469. The van der Waals surface area contributed by atoms with Crippen molar-refractivity contribution in [3.05, 3.63) is 37.8 Å². The van der Waals surface area contributed by atoms with Gasteiger partial charge in [0.05, 0.1) is 0 Å². The van der Waals surface area contributed by atoms with Crippen LogP contribution in [0.1, 0.15) is 0 Å². The lowest BCUT2D eigenvalue weighted by Crippen LogP contribution is -2.04. The SMILES string of the molecule is C=CC(N)=O.C=CC(N)=O.O/C=C/O. The summed E-state index contributed by atoms with van der Waals surface area (Å²) >= 11 is 0. The molecule has 6 nitrogen and oxygen atoms in total. The number of primary amides is 2. The van der Waals surface area contributed by atoms with Gasteiger partial charge in [0.25, 0.3) is 0 Å². The van der Waals surface area contributed by atoms with Crippen molar-refractivity contribution in [1.29, 1.82) is 0 Å². The van der Waals surface area contributed by atoms with E-state index in [-0.39, 0.29) is 0 Å². The Morgan fingerprint density at radius 1 is 0.929 bits per heavy atom. The molecule has 0 rings (SSSR count). The molecule has 0 aliphatic carbocycles. The standard InChI is InChI=1S/2C3H5NO.C2H4O2/c2*1-2-3(4)5;3-1-2-4/h2*2H,1H2,(H2,4,5);1-4H/b;;2-1+. The second kappa shape index (κ2) is 17.0. The number of carbonyl (C=O) groups excluding carboxylic acids is 2. The van der Waals surface area contributed by atoms with E-state index < -0.39 is 11.8 Å². The smallest absolute Gasteiger partial charge is 0.240 e. The van der Waals surface area contributed by atoms with Gasteiger partial charge in [-0.15, -0.1) is 0 Å². The van der Waals surface area contributed by atoms with Crippen LogP contribution in [0.15, 0.2) is 37.8 Å². The van der Waals surface area contributed by atoms with Crippen molar-refractivity contribution in [1.82, 2.24) is 0 Å². The Kier molecular flexibility index (Phi) is 21.6. The zero-order valence-electron chi connectivity index (χ0n) is 7.59. The van der Waals surface area contributed by atoms with Gasteiger partial charge in [-0.3, -0.25) is 9.59 Å². The van der Waals surface area contributed by atoms with E-state index >= 15 is 0 Å². The molecule has 0 heterocycles. The third kappa shape index (κ3) is 98.3. The Balaban J connectivity index is -0.000000131. The fourth-order valence-electron chi connectivity index (χ4n) is 0. The summed E-state index contributed by atoms with van der Waals surface area (Å²) in [6.07, 6.45) is 3.22. The summed E-state index contributed by atoms with van der Waals surface area (Å²) < 4.78 is 0. The molecule has 6 heteroatoms. The zero-order valence-corrected chi connectivity index (χ0v) is 7.59. The Morgan fingerprint density at radius 2 is 1.07 bits per heavy atom. The molecule has 0 aromatic heterocycles. The molecule has 0 aromatic rings. The average molecular weight is 202 g/mol. The normalized spacial score (nSPS) is 7.14. The van der Waals surface area contributed by atoms with Crippen LogP contribution in [-0.2, 0) is 9.59 Å².